The van der Waals surface area contributed by atoms with Gasteiger partial charge >= 0.3 is 0 Å². The van der Waals surface area contributed by atoms with Crippen LogP contribution in [0, 0.1) is 5.41 Å². The monoisotopic (exact) mass is 276 g/mol. The van der Waals surface area contributed by atoms with E-state index >= 15 is 0 Å². The van der Waals surface area contributed by atoms with Gasteiger partial charge in [-0.3, -0.25) is 4.79 Å². The van der Waals surface area contributed by atoms with Crippen LogP contribution < -0.4 is 5.32 Å². The van der Waals surface area contributed by atoms with Gasteiger partial charge in [0.2, 0.25) is 5.91 Å². The van der Waals surface area contributed by atoms with Gasteiger partial charge < -0.3 is 10.2 Å². The zero-order valence-corrected chi connectivity index (χ0v) is 13.1. The van der Waals surface area contributed by atoms with Gasteiger partial charge in [0, 0.05) is 19.0 Å². The van der Waals surface area contributed by atoms with Crippen LogP contribution in [-0.2, 0) is 4.79 Å². The molecule has 1 fully saturated rings. The number of halogens is 1. The molecular weight excluding hydrogens is 248 g/mol. The molecule has 0 radical (unpaired) electrons. The molecule has 0 aromatic rings. The predicted octanol–water partition coefficient (Wildman–Crippen LogP) is 2.84. The number of piperidine rings is 1. The Labute approximate surface area is 118 Å². The Morgan fingerprint density at radius 2 is 1.83 bits per heavy atom. The van der Waals surface area contributed by atoms with Gasteiger partial charge in [0.05, 0.1) is 0 Å². The van der Waals surface area contributed by atoms with Gasteiger partial charge in [-0.05, 0) is 37.8 Å². The summed E-state index contributed by atoms with van der Waals surface area (Å²) < 4.78 is 0. The average Bonchev–Trinajstić information content (AvgIpc) is 2.24. The van der Waals surface area contributed by atoms with Crippen molar-refractivity contribution in [2.75, 3.05) is 19.6 Å². The molecular formula is C14H29ClN2O. The van der Waals surface area contributed by atoms with Crippen molar-refractivity contribution in [3.8, 4) is 0 Å². The molecule has 0 unspecified atom stereocenters. The summed E-state index contributed by atoms with van der Waals surface area (Å²) in [4.78, 5) is 14.5. The smallest absolute Gasteiger partial charge is 0.223 e. The van der Waals surface area contributed by atoms with Gasteiger partial charge in [0.1, 0.15) is 0 Å². The molecule has 1 heterocycles. The van der Waals surface area contributed by atoms with E-state index in [9.17, 15) is 4.79 Å². The van der Waals surface area contributed by atoms with E-state index in [1.807, 2.05) is 0 Å². The highest BCUT2D eigenvalue weighted by atomic mass is 35.5. The number of nitrogens with zero attached hydrogens (tertiary/aromatic N) is 1. The maximum atomic E-state index is 12.4. The van der Waals surface area contributed by atoms with Crippen LogP contribution in [0.4, 0.5) is 0 Å². The fraction of sp³-hybridized carbons (Fsp3) is 0.929. The molecule has 0 spiro atoms. The summed E-state index contributed by atoms with van der Waals surface area (Å²) in [6, 6.07) is 0.464. The van der Waals surface area contributed by atoms with Gasteiger partial charge in [-0.15, -0.1) is 12.4 Å². The molecule has 1 amide bonds. The van der Waals surface area contributed by atoms with E-state index in [2.05, 4.69) is 37.9 Å². The quantitative estimate of drug-likeness (QED) is 0.856. The summed E-state index contributed by atoms with van der Waals surface area (Å²) >= 11 is 0. The molecule has 18 heavy (non-hydrogen) atoms. The highest BCUT2D eigenvalue weighted by Gasteiger charge is 2.27. The van der Waals surface area contributed by atoms with Crippen LogP contribution in [-0.4, -0.2) is 36.5 Å². The lowest BCUT2D eigenvalue weighted by molar-refractivity contribution is -0.136. The normalized spacial score (nSPS) is 17.1. The Morgan fingerprint density at radius 1 is 1.28 bits per heavy atom. The number of nitrogens with one attached hydrogen (secondary N) is 1. The zero-order valence-electron chi connectivity index (χ0n) is 12.3. The third kappa shape index (κ3) is 6.05. The van der Waals surface area contributed by atoms with Crippen molar-refractivity contribution >= 4 is 18.3 Å². The first-order chi connectivity index (χ1) is 7.94. The topological polar surface area (TPSA) is 32.3 Å². The molecule has 0 aromatic heterocycles. The van der Waals surface area contributed by atoms with E-state index < -0.39 is 0 Å². The van der Waals surface area contributed by atoms with Crippen LogP contribution in [0.3, 0.4) is 0 Å². The SMILES string of the molecule is CCCN(C(=O)CC(C)(C)C)C1CCNCC1.Cl. The van der Waals surface area contributed by atoms with Crippen LogP contribution >= 0.6 is 12.4 Å². The van der Waals surface area contributed by atoms with Crippen LogP contribution in [0.25, 0.3) is 0 Å². The molecule has 4 heteroatoms. The third-order valence-corrected chi connectivity index (χ3v) is 3.22. The van der Waals surface area contributed by atoms with Crippen molar-refractivity contribution in [3.63, 3.8) is 0 Å². The van der Waals surface area contributed by atoms with Gasteiger partial charge in [0.15, 0.2) is 0 Å². The summed E-state index contributed by atoms with van der Waals surface area (Å²) in [5.41, 5.74) is 0.0932. The first-order valence-electron chi connectivity index (χ1n) is 6.94. The van der Waals surface area contributed by atoms with Gasteiger partial charge in [0.25, 0.3) is 0 Å². The zero-order chi connectivity index (χ0) is 12.9. The van der Waals surface area contributed by atoms with Gasteiger partial charge in [-0.1, -0.05) is 27.7 Å². The molecule has 3 nitrogen and oxygen atoms in total. The number of hydrogen-bond donors (Lipinski definition) is 1. The molecule has 0 saturated carbocycles. The van der Waals surface area contributed by atoms with E-state index in [1.54, 1.807) is 0 Å². The minimum Gasteiger partial charge on any atom is -0.340 e. The second-order valence-electron chi connectivity index (χ2n) is 6.31. The molecule has 108 valence electrons. The standard InChI is InChI=1S/C14H28N2O.ClH/c1-5-10-16(12-6-8-15-9-7-12)13(17)11-14(2,3)4;/h12,15H,5-11H2,1-4H3;1H. The van der Waals surface area contributed by atoms with Crippen LogP contribution in [0.5, 0.6) is 0 Å². The molecule has 0 bridgehead atoms. The first-order valence-corrected chi connectivity index (χ1v) is 6.94. The van der Waals surface area contributed by atoms with Gasteiger partial charge in [-0.25, -0.2) is 0 Å². The highest BCUT2D eigenvalue weighted by Crippen LogP contribution is 2.22. The van der Waals surface area contributed by atoms with E-state index in [0.717, 1.165) is 38.9 Å². The largest absolute Gasteiger partial charge is 0.340 e. The van der Waals surface area contributed by atoms with Crippen molar-refractivity contribution in [1.82, 2.24) is 10.2 Å². The molecule has 1 aliphatic heterocycles. The maximum absolute atomic E-state index is 12.4. The van der Waals surface area contributed by atoms with Crippen molar-refractivity contribution in [3.05, 3.63) is 0 Å². The molecule has 1 rings (SSSR count). The summed E-state index contributed by atoms with van der Waals surface area (Å²) in [5, 5.41) is 3.36. The second kappa shape index (κ2) is 8.00. The van der Waals surface area contributed by atoms with E-state index in [-0.39, 0.29) is 17.8 Å². The number of rotatable bonds is 4. The number of amides is 1. The molecule has 0 aliphatic carbocycles. The molecule has 0 atom stereocenters. The average molecular weight is 277 g/mol. The fourth-order valence-corrected chi connectivity index (χ4v) is 2.43. The van der Waals surface area contributed by atoms with Gasteiger partial charge in [-0.2, -0.15) is 0 Å². The van der Waals surface area contributed by atoms with E-state index in [4.69, 9.17) is 0 Å². The Bertz CT molecular complexity index is 245. The summed E-state index contributed by atoms with van der Waals surface area (Å²) in [6.07, 6.45) is 3.93. The van der Waals surface area contributed by atoms with E-state index in [0.29, 0.717) is 18.4 Å². The third-order valence-electron chi connectivity index (χ3n) is 3.22. The summed E-state index contributed by atoms with van der Waals surface area (Å²) in [7, 11) is 0. The fourth-order valence-electron chi connectivity index (χ4n) is 2.43. The number of hydrogen-bond acceptors (Lipinski definition) is 2. The Kier molecular flexibility index (Phi) is 7.88. The second-order valence-corrected chi connectivity index (χ2v) is 6.31. The Balaban J connectivity index is 0.00000289. The first kappa shape index (κ1) is 17.7. The van der Waals surface area contributed by atoms with Crippen molar-refractivity contribution in [2.45, 2.75) is 59.4 Å². The van der Waals surface area contributed by atoms with E-state index in [1.165, 1.54) is 0 Å². The van der Waals surface area contributed by atoms with Crippen LogP contribution in [0.15, 0.2) is 0 Å². The minimum atomic E-state index is 0. The van der Waals surface area contributed by atoms with Crippen molar-refractivity contribution in [1.29, 1.82) is 0 Å². The van der Waals surface area contributed by atoms with Crippen molar-refractivity contribution < 1.29 is 4.79 Å². The Hall–Kier alpha value is -0.280. The Morgan fingerprint density at radius 3 is 2.28 bits per heavy atom. The minimum absolute atomic E-state index is 0. The summed E-state index contributed by atoms with van der Waals surface area (Å²) in [5.74, 6) is 0.339. The predicted molar refractivity (Wildman–Crippen MR) is 79.2 cm³/mol. The lowest BCUT2D eigenvalue weighted by Gasteiger charge is -2.36. The molecule has 1 N–H and O–H groups in total. The highest BCUT2D eigenvalue weighted by molar-refractivity contribution is 5.85. The van der Waals surface area contributed by atoms with Crippen molar-refractivity contribution in [2.24, 2.45) is 5.41 Å². The lowest BCUT2D eigenvalue weighted by Crippen LogP contribution is -2.47. The number of carbonyl (C=O) groups is 1. The maximum Gasteiger partial charge on any atom is 0.223 e. The van der Waals surface area contributed by atoms with Crippen LogP contribution in [0.2, 0.25) is 0 Å². The molecule has 1 aliphatic rings. The van der Waals surface area contributed by atoms with Crippen LogP contribution in [0.1, 0.15) is 53.4 Å². The molecule has 0 aromatic carbocycles. The number of carbonyl (C=O) groups excluding carboxylic acids is 1. The summed E-state index contributed by atoms with van der Waals surface area (Å²) in [6.45, 7) is 11.6. The lowest BCUT2D eigenvalue weighted by atomic mass is 9.91. The molecule has 1 saturated heterocycles.